The first-order valence-corrected chi connectivity index (χ1v) is 5.20. The summed E-state index contributed by atoms with van der Waals surface area (Å²) in [6.07, 6.45) is 4.59. The van der Waals surface area contributed by atoms with Gasteiger partial charge < -0.3 is 9.64 Å². The Morgan fingerprint density at radius 3 is 2.54 bits per heavy atom. The van der Waals surface area contributed by atoms with Crippen molar-refractivity contribution in [3.05, 3.63) is 0 Å². The molecule has 3 nitrogen and oxygen atoms in total. The highest BCUT2D eigenvalue weighted by atomic mass is 16.5. The van der Waals surface area contributed by atoms with Crippen LogP contribution in [0.15, 0.2) is 0 Å². The van der Waals surface area contributed by atoms with Crippen molar-refractivity contribution in [3.8, 4) is 0 Å². The van der Waals surface area contributed by atoms with Crippen LogP contribution in [0.4, 0.5) is 0 Å². The number of nitrogens with zero attached hydrogens (tertiary/aromatic N) is 1. The fourth-order valence-corrected chi connectivity index (χ4v) is 2.24. The highest BCUT2D eigenvalue weighted by molar-refractivity contribution is 5.87. The van der Waals surface area contributed by atoms with Crippen molar-refractivity contribution >= 4 is 5.84 Å². The second kappa shape index (κ2) is 3.29. The van der Waals surface area contributed by atoms with Gasteiger partial charge in [0.2, 0.25) is 0 Å². The number of rotatable bonds is 1. The Kier molecular flexibility index (Phi) is 2.28. The average Bonchev–Trinajstić information content (AvgIpc) is 2.73. The molecule has 0 amide bonds. The molecule has 1 unspecified atom stereocenters. The molecule has 0 radical (unpaired) electrons. The van der Waals surface area contributed by atoms with Crippen LogP contribution in [-0.4, -0.2) is 36.0 Å². The van der Waals surface area contributed by atoms with Gasteiger partial charge in [0.05, 0.1) is 0 Å². The van der Waals surface area contributed by atoms with Crippen molar-refractivity contribution in [2.24, 2.45) is 0 Å². The zero-order valence-corrected chi connectivity index (χ0v) is 8.31. The maximum absolute atomic E-state index is 8.08. The summed E-state index contributed by atoms with van der Waals surface area (Å²) in [6, 6.07) is 0. The number of nitrogens with one attached hydrogen (secondary N) is 1. The zero-order valence-electron chi connectivity index (χ0n) is 8.31. The topological polar surface area (TPSA) is 36.3 Å². The number of hydrogen-bond acceptors (Lipinski definition) is 2. The predicted molar refractivity (Wildman–Crippen MR) is 52.1 cm³/mol. The number of amidine groups is 1. The van der Waals surface area contributed by atoms with E-state index < -0.39 is 0 Å². The Morgan fingerprint density at radius 2 is 2.00 bits per heavy atom. The molecule has 2 aliphatic heterocycles. The van der Waals surface area contributed by atoms with Gasteiger partial charge >= 0.3 is 0 Å². The summed E-state index contributed by atoms with van der Waals surface area (Å²) in [5.74, 6) is 0.711. The van der Waals surface area contributed by atoms with Crippen LogP contribution in [0.3, 0.4) is 0 Å². The Hall–Kier alpha value is -0.570. The molecule has 0 spiro atoms. The van der Waals surface area contributed by atoms with E-state index in [4.69, 9.17) is 10.1 Å². The van der Waals surface area contributed by atoms with Gasteiger partial charge in [-0.15, -0.1) is 0 Å². The van der Waals surface area contributed by atoms with Gasteiger partial charge in [0.15, 0.2) is 0 Å². The third kappa shape index (κ3) is 1.57. The van der Waals surface area contributed by atoms with E-state index >= 15 is 0 Å². The zero-order chi connectivity index (χ0) is 9.31. The summed E-state index contributed by atoms with van der Waals surface area (Å²) < 4.78 is 5.65. The minimum Gasteiger partial charge on any atom is -0.367 e. The molecule has 3 heteroatoms. The summed E-state index contributed by atoms with van der Waals surface area (Å²) in [4.78, 5) is 2.17. The van der Waals surface area contributed by atoms with Gasteiger partial charge in [-0.05, 0) is 32.6 Å². The molecule has 0 aromatic carbocycles. The number of likely N-dealkylation sites (tertiary alicyclic amines) is 1. The molecule has 0 saturated carbocycles. The monoisotopic (exact) mass is 182 g/mol. The Balaban J connectivity index is 2.02. The molecule has 0 aromatic heterocycles. The SMILES string of the molecule is CC1(C(=N)N2CCCC2)CCCO1. The van der Waals surface area contributed by atoms with Crippen molar-refractivity contribution in [2.75, 3.05) is 19.7 Å². The van der Waals surface area contributed by atoms with Gasteiger partial charge in [-0.25, -0.2) is 0 Å². The highest BCUT2D eigenvalue weighted by Crippen LogP contribution is 2.28. The van der Waals surface area contributed by atoms with Gasteiger partial charge in [0, 0.05) is 19.7 Å². The molecule has 0 aliphatic carbocycles. The Bertz CT molecular complexity index is 203. The van der Waals surface area contributed by atoms with Crippen molar-refractivity contribution in [2.45, 2.75) is 38.2 Å². The normalized spacial score (nSPS) is 34.1. The van der Waals surface area contributed by atoms with Crippen molar-refractivity contribution in [3.63, 3.8) is 0 Å². The molecule has 2 saturated heterocycles. The first-order chi connectivity index (χ1) is 6.22. The maximum Gasteiger partial charge on any atom is 0.128 e. The van der Waals surface area contributed by atoms with Crippen LogP contribution in [0.2, 0.25) is 0 Å². The Labute approximate surface area is 79.6 Å². The van der Waals surface area contributed by atoms with Gasteiger partial charge in [-0.2, -0.15) is 0 Å². The van der Waals surface area contributed by atoms with Crippen LogP contribution in [0.25, 0.3) is 0 Å². The lowest BCUT2D eigenvalue weighted by molar-refractivity contribution is 0.0669. The minimum absolute atomic E-state index is 0.273. The fraction of sp³-hybridized carbons (Fsp3) is 0.900. The molecular formula is C10H18N2O. The first kappa shape index (κ1) is 9.00. The van der Waals surface area contributed by atoms with Crippen LogP contribution in [0.5, 0.6) is 0 Å². The van der Waals surface area contributed by atoms with Crippen molar-refractivity contribution in [1.82, 2.24) is 4.90 Å². The van der Waals surface area contributed by atoms with Crippen LogP contribution < -0.4 is 0 Å². The number of hydrogen-bond donors (Lipinski definition) is 1. The van der Waals surface area contributed by atoms with E-state index in [1.165, 1.54) is 12.8 Å². The molecule has 2 aliphatic rings. The molecule has 2 heterocycles. The average molecular weight is 182 g/mol. The fourth-order valence-electron chi connectivity index (χ4n) is 2.24. The van der Waals surface area contributed by atoms with Crippen LogP contribution >= 0.6 is 0 Å². The van der Waals surface area contributed by atoms with Crippen molar-refractivity contribution < 1.29 is 4.74 Å². The Morgan fingerprint density at radius 1 is 1.31 bits per heavy atom. The predicted octanol–water partition coefficient (Wildman–Crippen LogP) is 1.63. The standard InChI is InChI=1S/C10H18N2O/c1-10(5-4-8-13-10)9(11)12-6-2-3-7-12/h11H,2-8H2,1H3. The van der Waals surface area contributed by atoms with E-state index in [-0.39, 0.29) is 5.60 Å². The molecule has 2 rings (SSSR count). The third-order valence-corrected chi connectivity index (χ3v) is 3.14. The van der Waals surface area contributed by atoms with E-state index in [1.54, 1.807) is 0 Å². The summed E-state index contributed by atoms with van der Waals surface area (Å²) in [5, 5.41) is 8.08. The lowest BCUT2D eigenvalue weighted by Crippen LogP contribution is -2.44. The van der Waals surface area contributed by atoms with Gasteiger partial charge in [-0.3, -0.25) is 5.41 Å². The molecule has 1 N–H and O–H groups in total. The van der Waals surface area contributed by atoms with Crippen LogP contribution in [0, 0.1) is 5.41 Å². The molecule has 74 valence electrons. The van der Waals surface area contributed by atoms with Gasteiger partial charge in [-0.1, -0.05) is 0 Å². The molecule has 0 aromatic rings. The van der Waals surface area contributed by atoms with E-state index in [1.807, 2.05) is 0 Å². The number of ether oxygens (including phenoxy) is 1. The lowest BCUT2D eigenvalue weighted by Gasteiger charge is -2.31. The van der Waals surface area contributed by atoms with Gasteiger partial charge in [0.1, 0.15) is 11.4 Å². The second-order valence-electron chi connectivity index (χ2n) is 4.23. The first-order valence-electron chi connectivity index (χ1n) is 5.20. The molecule has 13 heavy (non-hydrogen) atoms. The summed E-state index contributed by atoms with van der Waals surface area (Å²) >= 11 is 0. The van der Waals surface area contributed by atoms with E-state index in [9.17, 15) is 0 Å². The largest absolute Gasteiger partial charge is 0.367 e. The quantitative estimate of drug-likeness (QED) is 0.494. The molecule has 2 fully saturated rings. The van der Waals surface area contributed by atoms with E-state index in [0.29, 0.717) is 5.84 Å². The smallest absolute Gasteiger partial charge is 0.128 e. The second-order valence-corrected chi connectivity index (χ2v) is 4.23. The molecular weight excluding hydrogens is 164 g/mol. The summed E-state index contributed by atoms with van der Waals surface area (Å²) in [7, 11) is 0. The molecule has 1 atom stereocenters. The maximum atomic E-state index is 8.08. The van der Waals surface area contributed by atoms with Gasteiger partial charge in [0.25, 0.3) is 0 Å². The van der Waals surface area contributed by atoms with E-state index in [2.05, 4.69) is 11.8 Å². The minimum atomic E-state index is -0.273. The lowest BCUT2D eigenvalue weighted by atomic mass is 10.0. The third-order valence-electron chi connectivity index (χ3n) is 3.14. The highest BCUT2D eigenvalue weighted by Gasteiger charge is 2.37. The molecule has 0 bridgehead atoms. The summed E-state index contributed by atoms with van der Waals surface area (Å²) in [5.41, 5.74) is -0.273. The van der Waals surface area contributed by atoms with Crippen molar-refractivity contribution in [1.29, 1.82) is 5.41 Å². The van der Waals surface area contributed by atoms with E-state index in [0.717, 1.165) is 32.5 Å². The summed E-state index contributed by atoms with van der Waals surface area (Å²) in [6.45, 7) is 4.99. The van der Waals surface area contributed by atoms with Crippen LogP contribution in [-0.2, 0) is 4.74 Å². The van der Waals surface area contributed by atoms with Crippen LogP contribution in [0.1, 0.15) is 32.6 Å².